The first-order valence-corrected chi connectivity index (χ1v) is 16.7. The molecule has 3 aromatic carbocycles. The van der Waals surface area contributed by atoms with Crippen LogP contribution in [0.3, 0.4) is 0 Å². The molecule has 2 aliphatic rings. The quantitative estimate of drug-likeness (QED) is 0.390. The average Bonchev–Trinajstić information content (AvgIpc) is 2.99. The van der Waals surface area contributed by atoms with Crippen molar-refractivity contribution in [2.24, 2.45) is 0 Å². The normalized spacial score (nSPS) is 17.1. The number of halogens is 2. The van der Waals surface area contributed by atoms with Crippen molar-refractivity contribution in [3.63, 3.8) is 0 Å². The summed E-state index contributed by atoms with van der Waals surface area (Å²) in [5, 5.41) is 0.659. The number of hydrogen-bond donors (Lipinski definition) is 1. The Morgan fingerprint density at radius 3 is 2.12 bits per heavy atom. The molecule has 0 radical (unpaired) electrons. The van der Waals surface area contributed by atoms with Crippen LogP contribution in [0.5, 0.6) is 11.5 Å². The number of morpholine rings is 1. The van der Waals surface area contributed by atoms with Crippen LogP contribution in [0.2, 0.25) is 10.0 Å². The Morgan fingerprint density at radius 1 is 0.810 bits per heavy atom. The Hall–Kier alpha value is -2.91. The summed E-state index contributed by atoms with van der Waals surface area (Å²) in [5.74, 6) is 0.345. The van der Waals surface area contributed by atoms with Crippen molar-refractivity contribution in [3.05, 3.63) is 82.3 Å². The minimum Gasteiger partial charge on any atom is -0.456 e. The number of amides is 1. The van der Waals surface area contributed by atoms with Crippen molar-refractivity contribution < 1.29 is 31.1 Å². The van der Waals surface area contributed by atoms with E-state index < -0.39 is 26.1 Å². The van der Waals surface area contributed by atoms with Gasteiger partial charge in [0.25, 0.3) is 26.1 Å². The van der Waals surface area contributed by atoms with Gasteiger partial charge >= 0.3 is 0 Å². The molecule has 5 rings (SSSR count). The second-order valence-corrected chi connectivity index (χ2v) is 14.0. The molecule has 3 aromatic rings. The molecule has 0 aromatic heterocycles. The molecule has 1 N–H and O–H groups in total. The van der Waals surface area contributed by atoms with Crippen LogP contribution in [-0.2, 0) is 25.0 Å². The number of hydrogen-bond acceptors (Lipinski definition) is 7. The summed E-state index contributed by atoms with van der Waals surface area (Å²) in [6, 6.07) is 16.9. The van der Waals surface area contributed by atoms with E-state index in [2.05, 4.69) is 4.72 Å². The standard InChI is InChI=1S/C27H28Cl2N4O7S2/c28-20-5-10-25(30-41(35,36)22-8-6-21(7-9-22)40-26-4-2-1-3-24(26)29)23(19-20)27(34)31-11-13-32(14-12-31)42(37,38)33-15-17-39-18-16-33/h1-10,19,30H,11-18H2. The first kappa shape index (κ1) is 30.5. The van der Waals surface area contributed by atoms with Gasteiger partial charge in [-0.05, 0) is 54.6 Å². The summed E-state index contributed by atoms with van der Waals surface area (Å²) < 4.78 is 68.7. The van der Waals surface area contributed by atoms with Crippen LogP contribution in [0.4, 0.5) is 5.69 Å². The SMILES string of the molecule is O=C(c1cc(Cl)ccc1NS(=O)(=O)c1ccc(Oc2ccccc2Cl)cc1)N1CCN(S(=O)(=O)N2CCOCC2)CC1. The van der Waals surface area contributed by atoms with Crippen LogP contribution in [0.15, 0.2) is 71.6 Å². The van der Waals surface area contributed by atoms with Gasteiger partial charge in [-0.3, -0.25) is 9.52 Å². The van der Waals surface area contributed by atoms with Crippen LogP contribution in [0.1, 0.15) is 10.4 Å². The average molecular weight is 656 g/mol. The van der Waals surface area contributed by atoms with Gasteiger partial charge in [0.1, 0.15) is 11.5 Å². The van der Waals surface area contributed by atoms with E-state index in [9.17, 15) is 21.6 Å². The summed E-state index contributed by atoms with van der Waals surface area (Å²) in [6.07, 6.45) is 0. The summed E-state index contributed by atoms with van der Waals surface area (Å²) >= 11 is 12.3. The number of ether oxygens (including phenoxy) is 2. The van der Waals surface area contributed by atoms with E-state index >= 15 is 0 Å². The molecule has 2 fully saturated rings. The zero-order valence-electron chi connectivity index (χ0n) is 22.3. The second kappa shape index (κ2) is 12.8. The van der Waals surface area contributed by atoms with Crippen LogP contribution < -0.4 is 9.46 Å². The van der Waals surface area contributed by atoms with E-state index in [0.29, 0.717) is 29.7 Å². The minimum absolute atomic E-state index is 0.0455. The maximum atomic E-state index is 13.5. The van der Waals surface area contributed by atoms with Gasteiger partial charge in [0.2, 0.25) is 0 Å². The summed E-state index contributed by atoms with van der Waals surface area (Å²) in [6.45, 7) is 1.72. The zero-order valence-corrected chi connectivity index (χ0v) is 25.4. The van der Waals surface area contributed by atoms with E-state index in [0.717, 1.165) is 0 Å². The van der Waals surface area contributed by atoms with Crippen molar-refractivity contribution in [1.29, 1.82) is 0 Å². The van der Waals surface area contributed by atoms with Gasteiger partial charge in [-0.2, -0.15) is 17.0 Å². The number of carbonyl (C=O) groups excluding carboxylic acids is 1. The number of nitrogens with zero attached hydrogens (tertiary/aromatic N) is 3. The first-order chi connectivity index (χ1) is 20.0. The van der Waals surface area contributed by atoms with Gasteiger partial charge < -0.3 is 14.4 Å². The Labute approximate surface area is 254 Å². The van der Waals surface area contributed by atoms with Crippen LogP contribution in [0.25, 0.3) is 0 Å². The van der Waals surface area contributed by atoms with E-state index in [1.165, 1.54) is 56.0 Å². The molecule has 11 nitrogen and oxygen atoms in total. The largest absolute Gasteiger partial charge is 0.456 e. The third-order valence-electron chi connectivity index (χ3n) is 6.80. The Balaban J connectivity index is 1.28. The van der Waals surface area contributed by atoms with E-state index in [1.807, 2.05) is 0 Å². The van der Waals surface area contributed by atoms with E-state index in [1.54, 1.807) is 24.3 Å². The fourth-order valence-electron chi connectivity index (χ4n) is 4.56. The third-order valence-corrected chi connectivity index (χ3v) is 10.8. The molecular weight excluding hydrogens is 627 g/mol. The molecule has 0 aliphatic carbocycles. The number of nitrogens with one attached hydrogen (secondary N) is 1. The highest BCUT2D eigenvalue weighted by atomic mass is 35.5. The third kappa shape index (κ3) is 6.83. The van der Waals surface area contributed by atoms with Crippen molar-refractivity contribution in [1.82, 2.24) is 13.5 Å². The molecule has 0 unspecified atom stereocenters. The predicted octanol–water partition coefficient (Wildman–Crippen LogP) is 3.92. The lowest BCUT2D eigenvalue weighted by molar-refractivity contribution is 0.0637. The van der Waals surface area contributed by atoms with Crippen LogP contribution in [-0.4, -0.2) is 88.7 Å². The topological polar surface area (TPSA) is 126 Å². The number of rotatable bonds is 8. The molecule has 0 spiro atoms. The highest BCUT2D eigenvalue weighted by Gasteiger charge is 2.35. The molecule has 2 aliphatic heterocycles. The molecule has 224 valence electrons. The highest BCUT2D eigenvalue weighted by Crippen LogP contribution is 2.30. The van der Waals surface area contributed by atoms with Crippen molar-refractivity contribution >= 4 is 55.0 Å². The van der Waals surface area contributed by atoms with Crippen LogP contribution in [0, 0.1) is 0 Å². The van der Waals surface area contributed by atoms with Crippen molar-refractivity contribution in [2.45, 2.75) is 4.90 Å². The molecule has 0 atom stereocenters. The van der Waals surface area contributed by atoms with E-state index in [4.69, 9.17) is 32.7 Å². The fourth-order valence-corrected chi connectivity index (χ4v) is 7.55. The number of benzene rings is 3. The van der Waals surface area contributed by atoms with Crippen molar-refractivity contribution in [3.8, 4) is 11.5 Å². The molecule has 2 saturated heterocycles. The number of carbonyl (C=O) groups is 1. The lowest BCUT2D eigenvalue weighted by atomic mass is 10.1. The lowest BCUT2D eigenvalue weighted by Gasteiger charge is -2.37. The number of para-hydroxylation sites is 1. The molecule has 2 heterocycles. The second-order valence-electron chi connectivity index (χ2n) is 9.51. The first-order valence-electron chi connectivity index (χ1n) is 13.0. The number of piperazine rings is 1. The van der Waals surface area contributed by atoms with Gasteiger partial charge in [0, 0.05) is 44.3 Å². The predicted molar refractivity (Wildman–Crippen MR) is 159 cm³/mol. The smallest absolute Gasteiger partial charge is 0.282 e. The zero-order chi connectivity index (χ0) is 29.9. The summed E-state index contributed by atoms with van der Waals surface area (Å²) in [7, 11) is -7.77. The molecule has 0 bridgehead atoms. The Bertz CT molecular complexity index is 1660. The van der Waals surface area contributed by atoms with Gasteiger partial charge in [0.05, 0.1) is 34.4 Å². The van der Waals surface area contributed by atoms with E-state index in [-0.39, 0.29) is 60.4 Å². The van der Waals surface area contributed by atoms with Gasteiger partial charge in [0.15, 0.2) is 0 Å². The Kier molecular flexibility index (Phi) is 9.28. The van der Waals surface area contributed by atoms with Gasteiger partial charge in [-0.25, -0.2) is 8.42 Å². The molecule has 1 amide bonds. The summed E-state index contributed by atoms with van der Waals surface area (Å²) in [4.78, 5) is 14.9. The molecule has 0 saturated carbocycles. The van der Waals surface area contributed by atoms with Crippen LogP contribution >= 0.6 is 23.2 Å². The fraction of sp³-hybridized carbons (Fsp3) is 0.296. The molecule has 15 heteroatoms. The lowest BCUT2D eigenvalue weighted by Crippen LogP contribution is -2.55. The summed E-state index contributed by atoms with van der Waals surface area (Å²) in [5.41, 5.74) is 0.0957. The monoisotopic (exact) mass is 654 g/mol. The molecular formula is C27H28Cl2N4O7S2. The molecule has 42 heavy (non-hydrogen) atoms. The number of sulfonamides is 1. The number of anilines is 1. The minimum atomic E-state index is -4.10. The maximum absolute atomic E-state index is 13.5. The highest BCUT2D eigenvalue weighted by molar-refractivity contribution is 7.92. The van der Waals surface area contributed by atoms with Crippen molar-refractivity contribution in [2.75, 3.05) is 57.2 Å². The Morgan fingerprint density at radius 2 is 1.45 bits per heavy atom. The van der Waals surface area contributed by atoms with Gasteiger partial charge in [-0.15, -0.1) is 0 Å². The van der Waals surface area contributed by atoms with Gasteiger partial charge in [-0.1, -0.05) is 35.3 Å². The maximum Gasteiger partial charge on any atom is 0.282 e.